The van der Waals surface area contributed by atoms with E-state index in [0.717, 1.165) is 70.1 Å². The number of hydrogen-bond acceptors (Lipinski definition) is 5. The van der Waals surface area contributed by atoms with Crippen LogP contribution < -0.4 is 9.97 Å². The van der Waals surface area contributed by atoms with E-state index in [1.165, 1.54) is 57.6 Å². The first kappa shape index (κ1) is 51.6. The number of carbonyl (C=O) groups is 3. The van der Waals surface area contributed by atoms with Crippen molar-refractivity contribution < 1.29 is 23.9 Å². The second-order valence-corrected chi connectivity index (χ2v) is 19.3. The zero-order valence-electron chi connectivity index (χ0n) is 41.0. The van der Waals surface area contributed by atoms with Crippen molar-refractivity contribution in [1.29, 1.82) is 0 Å². The second-order valence-electron chi connectivity index (χ2n) is 19.3. The SMILES string of the molecule is C=Cc1c2[n-]c(c1C)/C=C1\[N-]/C(=C3\c4[n-]c(c(C)c4C(=O)[C@@H]3C(=O)OC)/C=C3\[N-]/C(=C\2)C(=C)[C-]3CC)[C@@H](CCC(=O)OC/C=C(\C)CCC[C@H](C)CCC[C@H](C)CCCC(C)C)[C@@H]1C.[Mg+2]. The van der Waals surface area contributed by atoms with Gasteiger partial charge in [-0.2, -0.15) is 35.3 Å². The second kappa shape index (κ2) is 22.9. The van der Waals surface area contributed by atoms with Crippen LogP contribution in [0.3, 0.4) is 0 Å². The maximum atomic E-state index is 14.4. The molecule has 1 aliphatic carbocycles. The Bertz CT molecular complexity index is 2280. The normalized spacial score (nSPS) is 23.4. The molecule has 4 aliphatic rings. The Morgan fingerprint density at radius 3 is 2.20 bits per heavy atom. The molecule has 0 N–H and O–H groups in total. The summed E-state index contributed by atoms with van der Waals surface area (Å²) in [6.07, 6.45) is 22.1. The minimum atomic E-state index is -1.23. The molecule has 0 saturated carbocycles. The van der Waals surface area contributed by atoms with Crippen LogP contribution in [0.15, 0.2) is 53.2 Å². The summed E-state index contributed by atoms with van der Waals surface area (Å²) in [7, 11) is 1.29. The first-order chi connectivity index (χ1) is 30.6. The van der Waals surface area contributed by atoms with Crippen molar-refractivity contribution >= 4 is 70.7 Å². The molecular weight excluding hydrogens is 821 g/mol. The molecule has 6 rings (SSSR count). The molecule has 2 aromatic rings. The van der Waals surface area contributed by atoms with E-state index >= 15 is 0 Å². The molecule has 9 nitrogen and oxygen atoms in total. The number of rotatable bonds is 20. The molecule has 0 aromatic carbocycles. The maximum Gasteiger partial charge on any atom is 2.00 e. The molecule has 0 spiro atoms. The fourth-order valence-electron chi connectivity index (χ4n) is 9.95. The third kappa shape index (κ3) is 11.6. The zero-order valence-corrected chi connectivity index (χ0v) is 42.4. The first-order valence-corrected chi connectivity index (χ1v) is 23.9. The van der Waals surface area contributed by atoms with Crippen LogP contribution in [0.25, 0.3) is 40.5 Å². The predicted octanol–water partition coefficient (Wildman–Crippen LogP) is 13.2. The molecule has 3 aliphatic heterocycles. The summed E-state index contributed by atoms with van der Waals surface area (Å²) < 4.78 is 11.0. The molecule has 65 heavy (non-hydrogen) atoms. The Morgan fingerprint density at radius 2 is 1.55 bits per heavy atom. The minimum Gasteiger partial charge on any atom is -0.717 e. The summed E-state index contributed by atoms with van der Waals surface area (Å²) in [4.78, 5) is 51.5. The van der Waals surface area contributed by atoms with Gasteiger partial charge in [0.25, 0.3) is 0 Å². The Balaban J connectivity index is 0.00000793. The predicted molar refractivity (Wildman–Crippen MR) is 266 cm³/mol. The first-order valence-electron chi connectivity index (χ1n) is 23.9. The Morgan fingerprint density at radius 1 is 0.892 bits per heavy atom. The molecule has 2 aromatic heterocycles. The molecule has 2 saturated heterocycles. The number of esters is 2. The van der Waals surface area contributed by atoms with E-state index in [0.29, 0.717) is 58.2 Å². The summed E-state index contributed by atoms with van der Waals surface area (Å²) in [5.41, 5.74) is 10.6. The van der Waals surface area contributed by atoms with E-state index in [4.69, 9.17) is 30.1 Å². The van der Waals surface area contributed by atoms with Crippen LogP contribution in [0.2, 0.25) is 0 Å². The van der Waals surface area contributed by atoms with Crippen molar-refractivity contribution in [1.82, 2.24) is 9.97 Å². The van der Waals surface area contributed by atoms with Gasteiger partial charge < -0.3 is 30.1 Å². The Kier molecular flexibility index (Phi) is 18.1. The number of aromatic nitrogens is 2. The number of carbonyl (C=O) groups excluding carboxylic acids is 3. The molecule has 0 unspecified atom stereocenters. The van der Waals surface area contributed by atoms with Gasteiger partial charge >= 0.3 is 35.0 Å². The average molecular weight is 893 g/mol. The van der Waals surface area contributed by atoms with E-state index < -0.39 is 11.9 Å². The van der Waals surface area contributed by atoms with Crippen LogP contribution in [-0.4, -0.2) is 54.5 Å². The molecule has 2 fully saturated rings. The van der Waals surface area contributed by atoms with Crippen molar-refractivity contribution in [3.8, 4) is 0 Å². The number of fused-ring (bicyclic) bond motifs is 7. The van der Waals surface area contributed by atoms with Crippen LogP contribution in [0.1, 0.15) is 175 Å². The van der Waals surface area contributed by atoms with E-state index in [-0.39, 0.29) is 59.7 Å². The number of ketones is 1. The fourth-order valence-corrected chi connectivity index (χ4v) is 9.95. The van der Waals surface area contributed by atoms with E-state index in [1.54, 1.807) is 0 Å². The van der Waals surface area contributed by atoms with Gasteiger partial charge in [0.2, 0.25) is 0 Å². The van der Waals surface area contributed by atoms with E-state index in [9.17, 15) is 14.4 Å². The number of Topliss-reactive ketones (excluding diaryl/α,β-unsaturated/α-hetero) is 1. The molecule has 5 atom stereocenters. The standard InChI is InChI=1S/C55H72N4O5.Mg/c1-13-39-35(8)42-28-44-37(10)41(24-25-48(60)64-27-26-34(7)23-17-22-33(6)21-16-20-32(5)19-15-18-31(3)4)52(58-44)50-51(55(62)63-12)54(61)49-38(11)45(59-53(49)50)30-47-40(14-2)36(9)43(57-47)29-46(39)56-42;/h13,26,28-33,37,41,51H,1,9,14-25,27H2,2-8,10-12H3,(H-,58,59,61);/q-4;+2/p-1/b34-26+,43-29-,44-28-,47-30-;/t32-,33-,37+,41+,51-;/m1./s1. The molecule has 0 amide bonds. The molecule has 8 bridgehead atoms. The fraction of sp³-hybridized carbons (Fsp3) is 0.527. The van der Waals surface area contributed by atoms with Gasteiger partial charge in [0, 0.05) is 12.0 Å². The van der Waals surface area contributed by atoms with Crippen molar-refractivity contribution in [2.75, 3.05) is 13.7 Å². The van der Waals surface area contributed by atoms with Crippen molar-refractivity contribution in [2.24, 2.45) is 35.5 Å². The smallest absolute Gasteiger partial charge is 0.717 e. The third-order valence-corrected chi connectivity index (χ3v) is 14.1. The summed E-state index contributed by atoms with van der Waals surface area (Å²) in [6, 6.07) is 0. The number of hydrogen-bond donors (Lipinski definition) is 0. The van der Waals surface area contributed by atoms with E-state index in [2.05, 4.69) is 61.6 Å². The van der Waals surface area contributed by atoms with Gasteiger partial charge in [-0.3, -0.25) is 14.4 Å². The zero-order chi connectivity index (χ0) is 46.4. The topological polar surface area (TPSA) is 126 Å². The van der Waals surface area contributed by atoms with Gasteiger partial charge in [-0.25, -0.2) is 11.4 Å². The van der Waals surface area contributed by atoms with Gasteiger partial charge in [0.1, 0.15) is 12.5 Å². The van der Waals surface area contributed by atoms with Crippen molar-refractivity contribution in [2.45, 2.75) is 139 Å². The minimum absolute atomic E-state index is 0. The van der Waals surface area contributed by atoms with Gasteiger partial charge in [0.15, 0.2) is 5.78 Å². The van der Waals surface area contributed by atoms with Gasteiger partial charge in [0.05, 0.1) is 7.11 Å². The van der Waals surface area contributed by atoms with Gasteiger partial charge in [-0.1, -0.05) is 134 Å². The van der Waals surface area contributed by atoms with Crippen molar-refractivity contribution in [3.63, 3.8) is 0 Å². The molecule has 5 heterocycles. The molecule has 10 heteroatoms. The van der Waals surface area contributed by atoms with Crippen LogP contribution in [0.5, 0.6) is 0 Å². The number of allylic oxidation sites excluding steroid dienone is 5. The number of methoxy groups -OCH3 is 1. The molecule has 346 valence electrons. The summed E-state index contributed by atoms with van der Waals surface area (Å²) in [5, 5.41) is 10.2. The molecular formula is C55H71MgN4O5-3. The Hall–Kier alpha value is -4.41. The van der Waals surface area contributed by atoms with Gasteiger partial charge in [-0.05, 0) is 81.3 Å². The Labute approximate surface area is 405 Å². The maximum absolute atomic E-state index is 14.4. The molecule has 0 radical (unpaired) electrons. The quantitative estimate of drug-likeness (QED) is 0.0426. The van der Waals surface area contributed by atoms with Crippen LogP contribution in [0.4, 0.5) is 0 Å². The van der Waals surface area contributed by atoms with Gasteiger partial charge in [-0.15, -0.1) is 29.1 Å². The summed E-state index contributed by atoms with van der Waals surface area (Å²) in [6.45, 7) is 28.2. The van der Waals surface area contributed by atoms with Crippen LogP contribution in [0, 0.1) is 55.3 Å². The van der Waals surface area contributed by atoms with Crippen LogP contribution >= 0.6 is 0 Å². The monoisotopic (exact) mass is 892 g/mol. The van der Waals surface area contributed by atoms with Crippen molar-refractivity contribution in [3.05, 3.63) is 115 Å². The largest absolute Gasteiger partial charge is 2.00 e. The van der Waals surface area contributed by atoms with Crippen LogP contribution in [-0.2, 0) is 19.1 Å². The average Bonchev–Trinajstić information content (AvgIpc) is 3.99. The summed E-state index contributed by atoms with van der Waals surface area (Å²) >= 11 is 0. The van der Waals surface area contributed by atoms with E-state index in [1.807, 2.05) is 44.2 Å². The number of nitrogens with zero attached hydrogens (tertiary/aromatic N) is 4. The number of ether oxygens (including phenoxy) is 2. The summed E-state index contributed by atoms with van der Waals surface area (Å²) in [5.74, 6) is 0.207. The third-order valence-electron chi connectivity index (χ3n) is 14.1.